The highest BCUT2D eigenvalue weighted by molar-refractivity contribution is 6.06. The molecule has 1 amide bonds. The number of nitrogens with zero attached hydrogens (tertiary/aromatic N) is 1. The number of fused-ring (bicyclic) bond motifs is 1. The number of carboxylic acids is 1. The maximum absolute atomic E-state index is 12.5. The number of pyridine rings is 1. The predicted molar refractivity (Wildman–Crippen MR) is 78.0 cm³/mol. The molecule has 2 N–H and O–H groups in total. The first kappa shape index (κ1) is 13.5. The molecule has 0 spiro atoms. The van der Waals surface area contributed by atoms with Gasteiger partial charge in [-0.05, 0) is 25.0 Å². The van der Waals surface area contributed by atoms with Gasteiger partial charge in [-0.25, -0.2) is 0 Å². The van der Waals surface area contributed by atoms with Crippen molar-refractivity contribution in [3.05, 3.63) is 42.1 Å². The van der Waals surface area contributed by atoms with Crippen molar-refractivity contribution in [2.75, 3.05) is 0 Å². The molecule has 0 radical (unpaired) electrons. The number of nitrogens with one attached hydrogen (secondary N) is 1. The Bertz CT molecular complexity index is 693. The molecule has 21 heavy (non-hydrogen) atoms. The zero-order valence-electron chi connectivity index (χ0n) is 11.5. The van der Waals surface area contributed by atoms with Gasteiger partial charge in [-0.3, -0.25) is 14.6 Å². The van der Waals surface area contributed by atoms with Crippen molar-refractivity contribution in [3.63, 3.8) is 0 Å². The van der Waals surface area contributed by atoms with Crippen molar-refractivity contribution >= 4 is 22.8 Å². The third-order valence-corrected chi connectivity index (χ3v) is 4.04. The minimum atomic E-state index is -0.836. The summed E-state index contributed by atoms with van der Waals surface area (Å²) in [5, 5.41) is 12.8. The van der Waals surface area contributed by atoms with Crippen LogP contribution in [-0.2, 0) is 4.79 Å². The molecule has 1 aliphatic rings. The highest BCUT2D eigenvalue weighted by Crippen LogP contribution is 2.26. The van der Waals surface area contributed by atoms with Crippen LogP contribution in [0.15, 0.2) is 36.5 Å². The molecule has 0 aliphatic heterocycles. The average Bonchev–Trinajstić information content (AvgIpc) is 2.95. The second kappa shape index (κ2) is 5.52. The molecule has 1 heterocycles. The van der Waals surface area contributed by atoms with Gasteiger partial charge in [-0.1, -0.05) is 24.6 Å². The Morgan fingerprint density at radius 1 is 1.19 bits per heavy atom. The summed E-state index contributed by atoms with van der Waals surface area (Å²) in [5.74, 6) is -1.55. The molecule has 2 unspecified atom stereocenters. The number of rotatable bonds is 3. The number of benzene rings is 1. The lowest BCUT2D eigenvalue weighted by atomic mass is 10.0. The van der Waals surface area contributed by atoms with Crippen molar-refractivity contribution < 1.29 is 14.7 Å². The minimum Gasteiger partial charge on any atom is -0.481 e. The molecule has 108 valence electrons. The number of para-hydroxylation sites is 1. The molecule has 1 aromatic carbocycles. The molecule has 1 fully saturated rings. The summed E-state index contributed by atoms with van der Waals surface area (Å²) < 4.78 is 0. The van der Waals surface area contributed by atoms with Gasteiger partial charge in [0.25, 0.3) is 5.91 Å². The van der Waals surface area contributed by atoms with Crippen molar-refractivity contribution in [1.82, 2.24) is 10.3 Å². The molecule has 1 aliphatic carbocycles. The number of hydrogen-bond acceptors (Lipinski definition) is 3. The summed E-state index contributed by atoms with van der Waals surface area (Å²) in [4.78, 5) is 27.9. The number of aliphatic carboxylic acids is 1. The third kappa shape index (κ3) is 2.59. The Kier molecular flexibility index (Phi) is 3.56. The van der Waals surface area contributed by atoms with Crippen LogP contribution in [0.3, 0.4) is 0 Å². The number of hydrogen-bond donors (Lipinski definition) is 2. The largest absolute Gasteiger partial charge is 0.481 e. The zero-order chi connectivity index (χ0) is 14.8. The van der Waals surface area contributed by atoms with E-state index in [4.69, 9.17) is 0 Å². The van der Waals surface area contributed by atoms with Crippen LogP contribution in [-0.4, -0.2) is 28.0 Å². The molecule has 5 heteroatoms. The van der Waals surface area contributed by atoms with Crippen LogP contribution in [0.5, 0.6) is 0 Å². The second-order valence-corrected chi connectivity index (χ2v) is 5.33. The molecular weight excluding hydrogens is 268 g/mol. The summed E-state index contributed by atoms with van der Waals surface area (Å²) in [6, 6.07) is 8.80. The van der Waals surface area contributed by atoms with Gasteiger partial charge in [0.2, 0.25) is 0 Å². The first-order valence-corrected chi connectivity index (χ1v) is 7.04. The Balaban J connectivity index is 1.86. The van der Waals surface area contributed by atoms with Crippen LogP contribution in [0.1, 0.15) is 29.6 Å². The number of aromatic nitrogens is 1. The molecule has 0 bridgehead atoms. The Morgan fingerprint density at radius 3 is 2.81 bits per heavy atom. The first-order chi connectivity index (χ1) is 10.2. The van der Waals surface area contributed by atoms with Gasteiger partial charge in [0, 0.05) is 17.6 Å². The highest BCUT2D eigenvalue weighted by atomic mass is 16.4. The van der Waals surface area contributed by atoms with E-state index in [0.717, 1.165) is 17.3 Å². The van der Waals surface area contributed by atoms with Crippen LogP contribution in [0.2, 0.25) is 0 Å². The monoisotopic (exact) mass is 284 g/mol. The maximum Gasteiger partial charge on any atom is 0.308 e. The number of amides is 1. The van der Waals surface area contributed by atoms with Crippen molar-refractivity contribution in [2.24, 2.45) is 5.92 Å². The maximum atomic E-state index is 12.5. The molecule has 1 aromatic heterocycles. The smallest absolute Gasteiger partial charge is 0.308 e. The fourth-order valence-electron chi connectivity index (χ4n) is 2.97. The number of carboxylic acid groups (broad SMARTS) is 1. The zero-order valence-corrected chi connectivity index (χ0v) is 11.5. The molecule has 0 saturated heterocycles. The van der Waals surface area contributed by atoms with E-state index in [1.165, 1.54) is 0 Å². The second-order valence-electron chi connectivity index (χ2n) is 5.33. The number of carbonyl (C=O) groups excluding carboxylic acids is 1. The van der Waals surface area contributed by atoms with Crippen molar-refractivity contribution in [3.8, 4) is 0 Å². The van der Waals surface area contributed by atoms with Gasteiger partial charge in [-0.2, -0.15) is 0 Å². The SMILES string of the molecule is O=C(NC1CCCC1C(=O)O)c1ccnc2ccccc12. The molecule has 5 nitrogen and oxygen atoms in total. The Morgan fingerprint density at radius 2 is 2.00 bits per heavy atom. The van der Waals surface area contributed by atoms with E-state index < -0.39 is 11.9 Å². The van der Waals surface area contributed by atoms with E-state index >= 15 is 0 Å². The van der Waals surface area contributed by atoms with Crippen LogP contribution in [0, 0.1) is 5.92 Å². The van der Waals surface area contributed by atoms with E-state index in [0.29, 0.717) is 18.4 Å². The summed E-state index contributed by atoms with van der Waals surface area (Å²) in [6.45, 7) is 0. The van der Waals surface area contributed by atoms with Crippen LogP contribution < -0.4 is 5.32 Å². The Hall–Kier alpha value is -2.43. The third-order valence-electron chi connectivity index (χ3n) is 4.04. The van der Waals surface area contributed by atoms with E-state index in [9.17, 15) is 14.7 Å². The molecular formula is C16H16N2O3. The molecule has 1 saturated carbocycles. The standard InChI is InChI=1S/C16H16N2O3/c19-15(18-14-7-3-5-12(14)16(20)21)11-8-9-17-13-6-2-1-4-10(11)13/h1-2,4,6,8-9,12,14H,3,5,7H2,(H,18,19)(H,20,21). The highest BCUT2D eigenvalue weighted by Gasteiger charge is 2.34. The van der Waals surface area contributed by atoms with Gasteiger partial charge in [-0.15, -0.1) is 0 Å². The van der Waals surface area contributed by atoms with Gasteiger partial charge < -0.3 is 10.4 Å². The van der Waals surface area contributed by atoms with Gasteiger partial charge in [0.1, 0.15) is 0 Å². The fraction of sp³-hybridized carbons (Fsp3) is 0.312. The van der Waals surface area contributed by atoms with E-state index in [-0.39, 0.29) is 11.9 Å². The topological polar surface area (TPSA) is 79.3 Å². The average molecular weight is 284 g/mol. The number of carbonyl (C=O) groups is 2. The normalized spacial score (nSPS) is 21.3. The van der Waals surface area contributed by atoms with Crippen LogP contribution >= 0.6 is 0 Å². The van der Waals surface area contributed by atoms with Crippen molar-refractivity contribution in [2.45, 2.75) is 25.3 Å². The summed E-state index contributed by atoms with van der Waals surface area (Å²) >= 11 is 0. The predicted octanol–water partition coefficient (Wildman–Crippen LogP) is 2.22. The van der Waals surface area contributed by atoms with Crippen LogP contribution in [0.25, 0.3) is 10.9 Å². The summed E-state index contributed by atoms with van der Waals surface area (Å²) in [7, 11) is 0. The van der Waals surface area contributed by atoms with Crippen LogP contribution in [0.4, 0.5) is 0 Å². The lowest BCUT2D eigenvalue weighted by Gasteiger charge is -2.18. The Labute approximate surface area is 122 Å². The molecule has 2 atom stereocenters. The minimum absolute atomic E-state index is 0.230. The van der Waals surface area contributed by atoms with Crippen molar-refractivity contribution in [1.29, 1.82) is 0 Å². The van der Waals surface area contributed by atoms with E-state index in [1.807, 2.05) is 24.3 Å². The van der Waals surface area contributed by atoms with Gasteiger partial charge in [0.15, 0.2) is 0 Å². The van der Waals surface area contributed by atoms with E-state index in [2.05, 4.69) is 10.3 Å². The molecule has 3 rings (SSSR count). The first-order valence-electron chi connectivity index (χ1n) is 7.04. The lowest BCUT2D eigenvalue weighted by Crippen LogP contribution is -2.40. The summed E-state index contributed by atoms with van der Waals surface area (Å²) in [5.41, 5.74) is 1.29. The summed E-state index contributed by atoms with van der Waals surface area (Å²) in [6.07, 6.45) is 3.77. The lowest BCUT2D eigenvalue weighted by molar-refractivity contribution is -0.142. The van der Waals surface area contributed by atoms with E-state index in [1.54, 1.807) is 12.3 Å². The quantitative estimate of drug-likeness (QED) is 0.905. The fourth-order valence-corrected chi connectivity index (χ4v) is 2.97. The van der Waals surface area contributed by atoms with Gasteiger partial charge >= 0.3 is 5.97 Å². The van der Waals surface area contributed by atoms with Gasteiger partial charge in [0.05, 0.1) is 17.0 Å². The molecule has 2 aromatic rings.